The first kappa shape index (κ1) is 16.7. The van der Waals surface area contributed by atoms with E-state index in [9.17, 15) is 5.11 Å². The first-order valence-electron chi connectivity index (χ1n) is 7.64. The fraction of sp³-hybridized carbons (Fsp3) is 0.333. The van der Waals surface area contributed by atoms with E-state index in [1.807, 2.05) is 48.5 Å². The van der Waals surface area contributed by atoms with Crippen molar-refractivity contribution in [3.63, 3.8) is 0 Å². The Morgan fingerprint density at radius 2 is 1.78 bits per heavy atom. The molecule has 0 spiro atoms. The van der Waals surface area contributed by atoms with Crippen molar-refractivity contribution in [1.29, 1.82) is 0 Å². The van der Waals surface area contributed by atoms with E-state index in [0.29, 0.717) is 23.2 Å². The SMILES string of the molecule is OCC(c1ccccc1)C1(c2c(Cl)cccc2Cl)CNCCO1. The zero-order valence-electron chi connectivity index (χ0n) is 12.6. The zero-order chi connectivity index (χ0) is 16.3. The van der Waals surface area contributed by atoms with Gasteiger partial charge in [0.05, 0.1) is 13.2 Å². The first-order valence-corrected chi connectivity index (χ1v) is 8.39. The fourth-order valence-electron chi connectivity index (χ4n) is 3.30. The number of nitrogens with one attached hydrogen (secondary N) is 1. The van der Waals surface area contributed by atoms with E-state index in [2.05, 4.69) is 5.32 Å². The summed E-state index contributed by atoms with van der Waals surface area (Å²) >= 11 is 12.9. The summed E-state index contributed by atoms with van der Waals surface area (Å²) in [5, 5.41) is 14.6. The van der Waals surface area contributed by atoms with Crippen LogP contribution in [0.3, 0.4) is 0 Å². The average Bonchev–Trinajstić information content (AvgIpc) is 2.57. The maximum Gasteiger partial charge on any atom is 0.117 e. The van der Waals surface area contributed by atoms with E-state index in [-0.39, 0.29) is 12.5 Å². The van der Waals surface area contributed by atoms with Crippen LogP contribution in [0.25, 0.3) is 0 Å². The molecule has 23 heavy (non-hydrogen) atoms. The van der Waals surface area contributed by atoms with Crippen molar-refractivity contribution in [3.8, 4) is 0 Å². The normalized spacial score (nSPS) is 22.7. The highest BCUT2D eigenvalue weighted by Gasteiger charge is 2.46. The number of hydrogen-bond donors (Lipinski definition) is 2. The molecule has 3 rings (SSSR count). The van der Waals surface area contributed by atoms with Crippen LogP contribution in [0, 0.1) is 0 Å². The summed E-state index contributed by atoms with van der Waals surface area (Å²) in [6.07, 6.45) is 0. The van der Waals surface area contributed by atoms with Crippen LogP contribution in [-0.4, -0.2) is 31.4 Å². The van der Waals surface area contributed by atoms with Crippen molar-refractivity contribution in [2.24, 2.45) is 0 Å². The predicted octanol–water partition coefficient (Wildman–Crippen LogP) is 3.58. The molecule has 1 saturated heterocycles. The molecule has 0 bridgehead atoms. The van der Waals surface area contributed by atoms with Crippen molar-refractivity contribution in [2.75, 3.05) is 26.3 Å². The van der Waals surface area contributed by atoms with Crippen LogP contribution in [0.4, 0.5) is 0 Å². The quantitative estimate of drug-likeness (QED) is 0.884. The van der Waals surface area contributed by atoms with Gasteiger partial charge in [-0.1, -0.05) is 59.6 Å². The minimum atomic E-state index is -0.802. The topological polar surface area (TPSA) is 41.5 Å². The molecule has 1 fully saturated rings. The Kier molecular flexibility index (Phi) is 5.24. The second-order valence-corrected chi connectivity index (χ2v) is 6.47. The van der Waals surface area contributed by atoms with Crippen LogP contribution in [0.1, 0.15) is 17.0 Å². The second-order valence-electron chi connectivity index (χ2n) is 5.66. The first-order chi connectivity index (χ1) is 11.2. The molecule has 0 aromatic heterocycles. The Hall–Kier alpha value is -1.10. The lowest BCUT2D eigenvalue weighted by Gasteiger charge is -2.44. The standard InChI is InChI=1S/C18H19Cl2NO2/c19-15-7-4-8-16(20)17(15)18(12-21-9-10-23-18)14(11-22)13-5-2-1-3-6-13/h1-8,14,21-22H,9-12H2. The zero-order valence-corrected chi connectivity index (χ0v) is 14.1. The third-order valence-corrected chi connectivity index (χ3v) is 4.99. The minimum absolute atomic E-state index is 0.0623. The molecular weight excluding hydrogens is 333 g/mol. The lowest BCUT2D eigenvalue weighted by molar-refractivity contribution is -0.0990. The van der Waals surface area contributed by atoms with Crippen LogP contribution >= 0.6 is 23.2 Å². The third-order valence-electron chi connectivity index (χ3n) is 4.36. The molecule has 1 aliphatic rings. The summed E-state index contributed by atoms with van der Waals surface area (Å²) in [4.78, 5) is 0. The minimum Gasteiger partial charge on any atom is -0.396 e. The van der Waals surface area contributed by atoms with Crippen molar-refractivity contribution >= 4 is 23.2 Å². The van der Waals surface area contributed by atoms with Crippen LogP contribution < -0.4 is 5.32 Å². The Morgan fingerprint density at radius 1 is 1.09 bits per heavy atom. The number of morpholine rings is 1. The molecule has 1 heterocycles. The Bertz CT molecular complexity index is 637. The van der Waals surface area contributed by atoms with E-state index in [0.717, 1.165) is 17.7 Å². The molecule has 0 amide bonds. The fourth-order valence-corrected chi connectivity index (χ4v) is 4.02. The summed E-state index contributed by atoms with van der Waals surface area (Å²) in [5.74, 6) is -0.270. The number of halogens is 2. The summed E-state index contributed by atoms with van der Waals surface area (Å²) in [6.45, 7) is 1.77. The number of ether oxygens (including phenoxy) is 1. The van der Waals surface area contributed by atoms with Crippen LogP contribution in [0.15, 0.2) is 48.5 Å². The molecule has 1 aliphatic heterocycles. The number of rotatable bonds is 4. The second kappa shape index (κ2) is 7.20. The van der Waals surface area contributed by atoms with Gasteiger partial charge in [-0.05, 0) is 17.7 Å². The van der Waals surface area contributed by atoms with Gasteiger partial charge >= 0.3 is 0 Å². The predicted molar refractivity (Wildman–Crippen MR) is 93.2 cm³/mol. The van der Waals surface area contributed by atoms with Crippen molar-refractivity contribution < 1.29 is 9.84 Å². The summed E-state index contributed by atoms with van der Waals surface area (Å²) in [7, 11) is 0. The molecule has 5 heteroatoms. The average molecular weight is 352 g/mol. The van der Waals surface area contributed by atoms with E-state index in [4.69, 9.17) is 27.9 Å². The van der Waals surface area contributed by atoms with Crippen molar-refractivity contribution in [2.45, 2.75) is 11.5 Å². The van der Waals surface area contributed by atoms with Gasteiger partial charge in [0, 0.05) is 34.6 Å². The monoisotopic (exact) mass is 351 g/mol. The summed E-state index contributed by atoms with van der Waals surface area (Å²) in [6, 6.07) is 15.3. The molecule has 2 N–H and O–H groups in total. The van der Waals surface area contributed by atoms with Gasteiger partial charge in [-0.2, -0.15) is 0 Å². The molecule has 2 aromatic rings. The smallest absolute Gasteiger partial charge is 0.117 e. The van der Waals surface area contributed by atoms with Gasteiger partial charge in [-0.3, -0.25) is 0 Å². The van der Waals surface area contributed by atoms with Gasteiger partial charge in [0.15, 0.2) is 0 Å². The summed E-state index contributed by atoms with van der Waals surface area (Å²) in [5.41, 5.74) is 0.928. The van der Waals surface area contributed by atoms with Crippen LogP contribution in [-0.2, 0) is 10.3 Å². The maximum atomic E-state index is 10.1. The van der Waals surface area contributed by atoms with Crippen LogP contribution in [0.5, 0.6) is 0 Å². The highest BCUT2D eigenvalue weighted by atomic mass is 35.5. The number of aliphatic hydroxyl groups excluding tert-OH is 1. The van der Waals surface area contributed by atoms with Gasteiger partial charge in [0.1, 0.15) is 5.60 Å². The van der Waals surface area contributed by atoms with Crippen molar-refractivity contribution in [1.82, 2.24) is 5.32 Å². The van der Waals surface area contributed by atoms with E-state index >= 15 is 0 Å². The van der Waals surface area contributed by atoms with Crippen LogP contribution in [0.2, 0.25) is 10.0 Å². The molecule has 2 unspecified atom stereocenters. The largest absolute Gasteiger partial charge is 0.396 e. The van der Waals surface area contributed by atoms with Gasteiger partial charge in [0.25, 0.3) is 0 Å². The van der Waals surface area contributed by atoms with Gasteiger partial charge in [0.2, 0.25) is 0 Å². The highest BCUT2D eigenvalue weighted by Crippen LogP contribution is 2.46. The highest BCUT2D eigenvalue weighted by molar-refractivity contribution is 6.36. The molecule has 2 aromatic carbocycles. The molecule has 2 atom stereocenters. The molecular formula is C18H19Cl2NO2. The van der Waals surface area contributed by atoms with Gasteiger partial charge in [-0.25, -0.2) is 0 Å². The molecule has 0 aliphatic carbocycles. The van der Waals surface area contributed by atoms with Crippen molar-refractivity contribution in [3.05, 3.63) is 69.7 Å². The number of hydrogen-bond acceptors (Lipinski definition) is 3. The lowest BCUT2D eigenvalue weighted by atomic mass is 9.76. The Labute approximate surface area is 146 Å². The lowest BCUT2D eigenvalue weighted by Crippen LogP contribution is -2.52. The molecule has 122 valence electrons. The van der Waals surface area contributed by atoms with E-state index < -0.39 is 5.60 Å². The molecule has 0 radical (unpaired) electrons. The number of benzene rings is 2. The Morgan fingerprint density at radius 3 is 2.35 bits per heavy atom. The molecule has 0 saturated carbocycles. The van der Waals surface area contributed by atoms with Gasteiger partial charge < -0.3 is 15.2 Å². The van der Waals surface area contributed by atoms with E-state index in [1.54, 1.807) is 0 Å². The maximum absolute atomic E-state index is 10.1. The Balaban J connectivity index is 2.17. The van der Waals surface area contributed by atoms with Gasteiger partial charge in [-0.15, -0.1) is 0 Å². The van der Waals surface area contributed by atoms with E-state index in [1.165, 1.54) is 0 Å². The number of aliphatic hydroxyl groups is 1. The summed E-state index contributed by atoms with van der Waals surface area (Å²) < 4.78 is 6.23. The molecule has 3 nitrogen and oxygen atoms in total. The third kappa shape index (κ3) is 3.12.